The standard InChI is InChI=1S/C38H51NO3/c1-3-4-5-6-7-8-9-10-11-12-13-14-15-16-17-18-25-30-37(40)41-33-31-39(2)32-34-42-38(35-26-21-19-22-27-35)36-28-23-20-24-29-36/h4-5,7-8,10-11,13-14,16-17,19-24,26-29,38H,3,6,9,12,15,18,25,30-34H2,1-2H3/b5-4-,8-7-,11-10-,14-13-,17-16-. The molecule has 0 heterocycles. The number of carbonyl (C=O) groups is 1. The zero-order valence-electron chi connectivity index (χ0n) is 25.8. The van der Waals surface area contributed by atoms with E-state index in [1.807, 2.05) is 43.4 Å². The van der Waals surface area contributed by atoms with Gasteiger partial charge in [-0.1, -0.05) is 128 Å². The van der Waals surface area contributed by atoms with Gasteiger partial charge in [0.15, 0.2) is 0 Å². The number of carbonyl (C=O) groups excluding carboxylic acids is 1. The Morgan fingerprint density at radius 2 is 1.17 bits per heavy atom. The molecule has 4 heteroatoms. The molecule has 0 aliphatic rings. The second-order valence-corrected chi connectivity index (χ2v) is 10.2. The number of hydrogen-bond acceptors (Lipinski definition) is 4. The van der Waals surface area contributed by atoms with E-state index in [0.717, 1.165) is 62.6 Å². The number of likely N-dealkylation sites (N-methyl/N-ethyl adjacent to an activating group) is 1. The minimum Gasteiger partial charge on any atom is -0.464 e. The van der Waals surface area contributed by atoms with Crippen LogP contribution in [0.15, 0.2) is 121 Å². The lowest BCUT2D eigenvalue weighted by molar-refractivity contribution is -0.144. The SMILES string of the molecule is CC/C=C\C/C=C\C/C=C\C/C=C\C/C=C\CCCC(=O)OCCN(C)CCOC(c1ccccc1)c1ccccc1. The van der Waals surface area contributed by atoms with Gasteiger partial charge in [0.25, 0.3) is 0 Å². The Morgan fingerprint density at radius 1 is 0.690 bits per heavy atom. The van der Waals surface area contributed by atoms with Crippen LogP contribution in [-0.2, 0) is 14.3 Å². The fourth-order valence-electron chi connectivity index (χ4n) is 4.20. The van der Waals surface area contributed by atoms with E-state index >= 15 is 0 Å². The van der Waals surface area contributed by atoms with Gasteiger partial charge in [0, 0.05) is 19.5 Å². The van der Waals surface area contributed by atoms with Crippen LogP contribution >= 0.6 is 0 Å². The van der Waals surface area contributed by atoms with E-state index in [4.69, 9.17) is 9.47 Å². The highest BCUT2D eigenvalue weighted by molar-refractivity contribution is 5.69. The molecule has 0 aliphatic heterocycles. The Hall–Kier alpha value is -3.47. The summed E-state index contributed by atoms with van der Waals surface area (Å²) in [5, 5.41) is 0. The third-order valence-electron chi connectivity index (χ3n) is 6.61. The van der Waals surface area contributed by atoms with Gasteiger partial charge in [-0.15, -0.1) is 0 Å². The first-order chi connectivity index (χ1) is 20.7. The van der Waals surface area contributed by atoms with Gasteiger partial charge in [-0.05, 0) is 63.1 Å². The molecular weight excluding hydrogens is 518 g/mol. The fourth-order valence-corrected chi connectivity index (χ4v) is 4.20. The maximum absolute atomic E-state index is 12.1. The zero-order chi connectivity index (χ0) is 29.9. The summed E-state index contributed by atoms with van der Waals surface area (Å²) in [6, 6.07) is 20.6. The average Bonchev–Trinajstić information content (AvgIpc) is 3.01. The predicted molar refractivity (Wildman–Crippen MR) is 177 cm³/mol. The monoisotopic (exact) mass is 569 g/mol. The molecule has 2 rings (SSSR count). The zero-order valence-corrected chi connectivity index (χ0v) is 25.8. The second kappa shape index (κ2) is 24.2. The molecule has 0 spiro atoms. The van der Waals surface area contributed by atoms with Crippen molar-refractivity contribution in [1.82, 2.24) is 4.90 Å². The van der Waals surface area contributed by atoms with Gasteiger partial charge in [-0.3, -0.25) is 4.79 Å². The van der Waals surface area contributed by atoms with Crippen LogP contribution in [0.2, 0.25) is 0 Å². The molecule has 0 atom stereocenters. The maximum atomic E-state index is 12.1. The fraction of sp³-hybridized carbons (Fsp3) is 0.395. The largest absolute Gasteiger partial charge is 0.464 e. The Balaban J connectivity index is 1.48. The summed E-state index contributed by atoms with van der Waals surface area (Å²) >= 11 is 0. The van der Waals surface area contributed by atoms with Crippen LogP contribution in [0.25, 0.3) is 0 Å². The lowest BCUT2D eigenvalue weighted by Crippen LogP contribution is -2.28. The second-order valence-electron chi connectivity index (χ2n) is 10.2. The van der Waals surface area contributed by atoms with Gasteiger partial charge in [0.05, 0.1) is 6.61 Å². The van der Waals surface area contributed by atoms with Gasteiger partial charge < -0.3 is 14.4 Å². The number of benzene rings is 2. The lowest BCUT2D eigenvalue weighted by Gasteiger charge is -2.22. The number of allylic oxidation sites excluding steroid dienone is 10. The molecule has 42 heavy (non-hydrogen) atoms. The molecule has 0 N–H and O–H groups in total. The third kappa shape index (κ3) is 17.4. The maximum Gasteiger partial charge on any atom is 0.305 e. The lowest BCUT2D eigenvalue weighted by atomic mass is 10.0. The molecule has 0 aliphatic carbocycles. The Bertz CT molecular complexity index is 1050. The summed E-state index contributed by atoms with van der Waals surface area (Å²) in [5.41, 5.74) is 2.29. The first-order valence-electron chi connectivity index (χ1n) is 15.5. The van der Waals surface area contributed by atoms with Gasteiger partial charge in [0.2, 0.25) is 0 Å². The molecule has 0 radical (unpaired) electrons. The number of rotatable bonds is 22. The van der Waals surface area contributed by atoms with E-state index in [1.165, 1.54) is 0 Å². The van der Waals surface area contributed by atoms with E-state index < -0.39 is 0 Å². The van der Waals surface area contributed by atoms with Crippen molar-refractivity contribution >= 4 is 5.97 Å². The minimum absolute atomic E-state index is 0.0957. The Morgan fingerprint density at radius 3 is 1.69 bits per heavy atom. The summed E-state index contributed by atoms with van der Waals surface area (Å²) in [4.78, 5) is 14.2. The first-order valence-corrected chi connectivity index (χ1v) is 15.5. The average molecular weight is 570 g/mol. The van der Waals surface area contributed by atoms with Crippen LogP contribution in [0.1, 0.15) is 75.5 Å². The molecule has 2 aromatic carbocycles. The van der Waals surface area contributed by atoms with Crippen molar-refractivity contribution in [2.45, 2.75) is 64.4 Å². The number of nitrogens with zero attached hydrogens (tertiary/aromatic N) is 1. The van der Waals surface area contributed by atoms with Gasteiger partial charge >= 0.3 is 5.97 Å². The smallest absolute Gasteiger partial charge is 0.305 e. The van der Waals surface area contributed by atoms with E-state index in [9.17, 15) is 4.79 Å². The van der Waals surface area contributed by atoms with Crippen LogP contribution in [0, 0.1) is 0 Å². The Kier molecular flexibility index (Phi) is 20.0. The molecule has 2 aromatic rings. The van der Waals surface area contributed by atoms with Crippen molar-refractivity contribution in [1.29, 1.82) is 0 Å². The molecular formula is C38H51NO3. The van der Waals surface area contributed by atoms with E-state index in [1.54, 1.807) is 0 Å². The van der Waals surface area contributed by atoms with Gasteiger partial charge in [-0.25, -0.2) is 0 Å². The quantitative estimate of drug-likeness (QED) is 0.0805. The molecule has 0 saturated carbocycles. The summed E-state index contributed by atoms with van der Waals surface area (Å²) in [6.45, 7) is 4.59. The molecule has 0 unspecified atom stereocenters. The molecule has 0 bridgehead atoms. The minimum atomic E-state index is -0.125. The topological polar surface area (TPSA) is 38.8 Å². The van der Waals surface area contributed by atoms with Crippen molar-refractivity contribution in [3.8, 4) is 0 Å². The third-order valence-corrected chi connectivity index (χ3v) is 6.61. The summed E-state index contributed by atoms with van der Waals surface area (Å²) < 4.78 is 11.7. The highest BCUT2D eigenvalue weighted by Crippen LogP contribution is 2.25. The van der Waals surface area contributed by atoms with E-state index in [0.29, 0.717) is 26.2 Å². The first kappa shape index (κ1) is 34.7. The summed E-state index contributed by atoms with van der Waals surface area (Å²) in [6.07, 6.45) is 29.0. The highest BCUT2D eigenvalue weighted by atomic mass is 16.5. The van der Waals surface area contributed by atoms with E-state index in [2.05, 4.69) is 96.8 Å². The van der Waals surface area contributed by atoms with Crippen molar-refractivity contribution in [2.24, 2.45) is 0 Å². The van der Waals surface area contributed by atoms with Crippen molar-refractivity contribution in [3.63, 3.8) is 0 Å². The van der Waals surface area contributed by atoms with Gasteiger partial charge in [-0.2, -0.15) is 0 Å². The molecule has 0 amide bonds. The van der Waals surface area contributed by atoms with Crippen LogP contribution in [-0.4, -0.2) is 44.2 Å². The van der Waals surface area contributed by atoms with Gasteiger partial charge in [0.1, 0.15) is 12.7 Å². The predicted octanol–water partition coefficient (Wildman–Crippen LogP) is 9.19. The van der Waals surface area contributed by atoms with Crippen molar-refractivity contribution < 1.29 is 14.3 Å². The van der Waals surface area contributed by atoms with Crippen LogP contribution < -0.4 is 0 Å². The highest BCUT2D eigenvalue weighted by Gasteiger charge is 2.14. The number of esters is 1. The van der Waals surface area contributed by atoms with Crippen molar-refractivity contribution in [3.05, 3.63) is 133 Å². The number of unbranched alkanes of at least 4 members (excludes halogenated alkanes) is 1. The number of ether oxygens (including phenoxy) is 2. The molecule has 0 saturated heterocycles. The van der Waals surface area contributed by atoms with Crippen LogP contribution in [0.4, 0.5) is 0 Å². The molecule has 0 fully saturated rings. The Labute approximate surface area is 255 Å². The number of hydrogen-bond donors (Lipinski definition) is 0. The molecule has 4 nitrogen and oxygen atoms in total. The van der Waals surface area contributed by atoms with Crippen molar-refractivity contribution in [2.75, 3.05) is 33.4 Å². The normalized spacial score (nSPS) is 12.4. The van der Waals surface area contributed by atoms with Crippen LogP contribution in [0.5, 0.6) is 0 Å². The van der Waals surface area contributed by atoms with E-state index in [-0.39, 0.29) is 12.1 Å². The van der Waals surface area contributed by atoms with Crippen LogP contribution in [0.3, 0.4) is 0 Å². The summed E-state index contributed by atoms with van der Waals surface area (Å²) in [5.74, 6) is -0.125. The molecule has 0 aromatic heterocycles. The summed E-state index contributed by atoms with van der Waals surface area (Å²) in [7, 11) is 2.03. The molecule has 226 valence electrons.